The van der Waals surface area contributed by atoms with Gasteiger partial charge in [0, 0.05) is 23.7 Å². The maximum atomic E-state index is 12.3. The van der Waals surface area contributed by atoms with Gasteiger partial charge in [-0.1, -0.05) is 25.2 Å². The van der Waals surface area contributed by atoms with Gasteiger partial charge in [-0.05, 0) is 12.8 Å². The van der Waals surface area contributed by atoms with E-state index in [1.165, 1.54) is 4.90 Å². The summed E-state index contributed by atoms with van der Waals surface area (Å²) in [5.74, 6) is -0.263. The first-order chi connectivity index (χ1) is 9.56. The van der Waals surface area contributed by atoms with Crippen LogP contribution in [0.25, 0.3) is 0 Å². The zero-order valence-corrected chi connectivity index (χ0v) is 12.5. The van der Waals surface area contributed by atoms with Gasteiger partial charge in [-0.25, -0.2) is 0 Å². The minimum absolute atomic E-state index is 0.0113. The lowest BCUT2D eigenvalue weighted by atomic mass is 10.1. The zero-order valence-electron chi connectivity index (χ0n) is 11.6. The molecular formula is C13H19N3O3S. The van der Waals surface area contributed by atoms with Gasteiger partial charge in [0.1, 0.15) is 0 Å². The number of nitrogens with zero attached hydrogens (tertiary/aromatic N) is 1. The van der Waals surface area contributed by atoms with Gasteiger partial charge >= 0.3 is 4.87 Å². The van der Waals surface area contributed by atoms with Crippen LogP contribution in [0.2, 0.25) is 0 Å². The SMILES string of the molecule is CCC(CC)N1C(=O)CC(NCc2csc(=O)[nH]2)C1=O. The fourth-order valence-electron chi connectivity index (χ4n) is 2.48. The van der Waals surface area contributed by atoms with E-state index in [4.69, 9.17) is 0 Å². The number of likely N-dealkylation sites (tertiary alicyclic amines) is 1. The van der Waals surface area contributed by atoms with Crippen molar-refractivity contribution in [3.8, 4) is 0 Å². The van der Waals surface area contributed by atoms with Crippen molar-refractivity contribution in [2.24, 2.45) is 0 Å². The Balaban J connectivity index is 1.99. The molecule has 0 aliphatic carbocycles. The minimum Gasteiger partial charge on any atom is -0.315 e. The molecule has 0 saturated carbocycles. The zero-order chi connectivity index (χ0) is 14.7. The Hall–Kier alpha value is -1.47. The smallest absolute Gasteiger partial charge is 0.304 e. The van der Waals surface area contributed by atoms with Crippen LogP contribution in [0.15, 0.2) is 10.2 Å². The molecule has 7 heteroatoms. The molecule has 2 heterocycles. The van der Waals surface area contributed by atoms with Gasteiger partial charge in [-0.2, -0.15) is 0 Å². The summed E-state index contributed by atoms with van der Waals surface area (Å²) in [6.07, 6.45) is 1.75. The van der Waals surface area contributed by atoms with E-state index in [1.54, 1.807) is 5.38 Å². The van der Waals surface area contributed by atoms with Crippen LogP contribution in [0.5, 0.6) is 0 Å². The largest absolute Gasteiger partial charge is 0.315 e. The Bertz CT molecular complexity index is 547. The van der Waals surface area contributed by atoms with Crippen LogP contribution in [0, 0.1) is 0 Å². The molecule has 6 nitrogen and oxygen atoms in total. The molecule has 2 amide bonds. The summed E-state index contributed by atoms with van der Waals surface area (Å²) in [6, 6.07) is -0.491. The molecule has 2 rings (SSSR count). The lowest BCUT2D eigenvalue weighted by Crippen LogP contribution is -2.43. The number of amides is 2. The minimum atomic E-state index is -0.480. The maximum absolute atomic E-state index is 12.3. The number of carbonyl (C=O) groups is 2. The molecule has 1 atom stereocenters. The lowest BCUT2D eigenvalue weighted by Gasteiger charge is -2.24. The molecule has 2 N–H and O–H groups in total. The van der Waals surface area contributed by atoms with Crippen molar-refractivity contribution >= 4 is 23.2 Å². The highest BCUT2D eigenvalue weighted by atomic mass is 32.1. The number of nitrogens with one attached hydrogen (secondary N) is 2. The number of imide groups is 1. The van der Waals surface area contributed by atoms with Crippen molar-refractivity contribution in [1.82, 2.24) is 15.2 Å². The van der Waals surface area contributed by atoms with E-state index in [0.717, 1.165) is 29.9 Å². The van der Waals surface area contributed by atoms with E-state index in [2.05, 4.69) is 10.3 Å². The normalized spacial score (nSPS) is 19.4. The standard InChI is InChI=1S/C13H19N3O3S/c1-3-9(4-2)16-11(17)5-10(12(16)18)14-6-8-7-20-13(19)15-8/h7,9-10,14H,3-6H2,1-2H3,(H,15,19). The molecule has 1 unspecified atom stereocenters. The molecule has 1 fully saturated rings. The number of H-pyrrole nitrogens is 1. The summed E-state index contributed by atoms with van der Waals surface area (Å²) in [6.45, 7) is 4.34. The molecule has 1 aromatic heterocycles. The molecule has 0 aromatic carbocycles. The maximum Gasteiger partial charge on any atom is 0.304 e. The molecule has 20 heavy (non-hydrogen) atoms. The van der Waals surface area contributed by atoms with Crippen LogP contribution in [-0.4, -0.2) is 33.8 Å². The summed E-state index contributed by atoms with van der Waals surface area (Å²) in [7, 11) is 0. The van der Waals surface area contributed by atoms with Crippen molar-refractivity contribution in [2.45, 2.75) is 51.7 Å². The van der Waals surface area contributed by atoms with Crippen molar-refractivity contribution in [2.75, 3.05) is 0 Å². The summed E-state index contributed by atoms with van der Waals surface area (Å²) in [5.41, 5.74) is 0.737. The van der Waals surface area contributed by atoms with E-state index in [0.29, 0.717) is 6.54 Å². The van der Waals surface area contributed by atoms with Crippen LogP contribution in [0.3, 0.4) is 0 Å². The Morgan fingerprint density at radius 3 is 2.65 bits per heavy atom. The van der Waals surface area contributed by atoms with E-state index >= 15 is 0 Å². The fourth-order valence-corrected chi connectivity index (χ4v) is 3.06. The van der Waals surface area contributed by atoms with Gasteiger partial charge in [-0.15, -0.1) is 0 Å². The third-order valence-electron chi connectivity index (χ3n) is 3.60. The quantitative estimate of drug-likeness (QED) is 0.762. The third-order valence-corrected chi connectivity index (χ3v) is 4.32. The van der Waals surface area contributed by atoms with Crippen LogP contribution in [-0.2, 0) is 16.1 Å². The predicted molar refractivity (Wildman–Crippen MR) is 76.4 cm³/mol. The van der Waals surface area contributed by atoms with Gasteiger partial charge in [0.05, 0.1) is 12.5 Å². The molecule has 0 spiro atoms. The number of hydrogen-bond donors (Lipinski definition) is 2. The van der Waals surface area contributed by atoms with Crippen LogP contribution in [0.1, 0.15) is 38.8 Å². The highest BCUT2D eigenvalue weighted by molar-refractivity contribution is 7.07. The van der Waals surface area contributed by atoms with Crippen LogP contribution < -0.4 is 10.2 Å². The Morgan fingerprint density at radius 2 is 2.10 bits per heavy atom. The molecular weight excluding hydrogens is 278 g/mol. The monoisotopic (exact) mass is 297 g/mol. The molecule has 110 valence electrons. The molecule has 0 bridgehead atoms. The average Bonchev–Trinajstić information content (AvgIpc) is 2.95. The van der Waals surface area contributed by atoms with E-state index in [1.807, 2.05) is 13.8 Å². The van der Waals surface area contributed by atoms with Crippen molar-refractivity contribution in [3.63, 3.8) is 0 Å². The van der Waals surface area contributed by atoms with Gasteiger partial charge in [0.2, 0.25) is 11.8 Å². The van der Waals surface area contributed by atoms with Gasteiger partial charge in [0.25, 0.3) is 0 Å². The average molecular weight is 297 g/mol. The number of thiazole rings is 1. The van der Waals surface area contributed by atoms with Gasteiger partial charge in [0.15, 0.2) is 0 Å². The topological polar surface area (TPSA) is 82.3 Å². The fraction of sp³-hybridized carbons (Fsp3) is 0.615. The number of aromatic amines is 1. The van der Waals surface area contributed by atoms with Crippen molar-refractivity contribution < 1.29 is 9.59 Å². The number of aromatic nitrogens is 1. The van der Waals surface area contributed by atoms with Crippen molar-refractivity contribution in [3.05, 3.63) is 20.7 Å². The lowest BCUT2D eigenvalue weighted by molar-refractivity contribution is -0.141. The second kappa shape index (κ2) is 6.32. The first kappa shape index (κ1) is 14.9. The molecule has 1 saturated heterocycles. The number of carbonyl (C=O) groups excluding carboxylic acids is 2. The van der Waals surface area contributed by atoms with E-state index < -0.39 is 6.04 Å². The first-order valence-electron chi connectivity index (χ1n) is 6.82. The van der Waals surface area contributed by atoms with Gasteiger partial charge in [-0.3, -0.25) is 24.6 Å². The summed E-state index contributed by atoms with van der Waals surface area (Å²) < 4.78 is 0. The van der Waals surface area contributed by atoms with Crippen molar-refractivity contribution in [1.29, 1.82) is 0 Å². The number of rotatable bonds is 6. The van der Waals surface area contributed by atoms with Gasteiger partial charge < -0.3 is 4.98 Å². The highest BCUT2D eigenvalue weighted by Gasteiger charge is 2.40. The number of hydrogen-bond acceptors (Lipinski definition) is 5. The summed E-state index contributed by atoms with van der Waals surface area (Å²) >= 11 is 1.09. The Morgan fingerprint density at radius 1 is 1.40 bits per heavy atom. The third kappa shape index (κ3) is 2.99. The summed E-state index contributed by atoms with van der Waals surface area (Å²) in [5, 5.41) is 4.77. The Labute approximate surface area is 121 Å². The summed E-state index contributed by atoms with van der Waals surface area (Å²) in [4.78, 5) is 39.2. The molecule has 0 radical (unpaired) electrons. The molecule has 1 aliphatic heterocycles. The second-order valence-electron chi connectivity index (χ2n) is 4.88. The van der Waals surface area contributed by atoms with E-state index in [9.17, 15) is 14.4 Å². The first-order valence-corrected chi connectivity index (χ1v) is 7.70. The molecule has 1 aromatic rings. The van der Waals surface area contributed by atoms with Crippen LogP contribution in [0.4, 0.5) is 0 Å². The van der Waals surface area contributed by atoms with E-state index in [-0.39, 0.29) is 29.1 Å². The molecule has 1 aliphatic rings. The Kier molecular flexibility index (Phi) is 4.72. The predicted octanol–water partition coefficient (Wildman–Crippen LogP) is 0.842. The second-order valence-corrected chi connectivity index (χ2v) is 5.73. The highest BCUT2D eigenvalue weighted by Crippen LogP contribution is 2.20. The van der Waals surface area contributed by atoms with Crippen LogP contribution >= 0.6 is 11.3 Å².